The number of nitrogens with one attached hydrogen (secondary N) is 1. The van der Waals surface area contributed by atoms with E-state index in [1.807, 2.05) is 0 Å². The lowest BCUT2D eigenvalue weighted by Crippen LogP contribution is -2.32. The molecule has 3 rings (SSSR count). The van der Waals surface area contributed by atoms with Crippen LogP contribution >= 0.6 is 0 Å². The average molecular weight is 375 g/mol. The van der Waals surface area contributed by atoms with Gasteiger partial charge in [-0.3, -0.25) is 9.59 Å². The molecule has 1 amide bonds. The molecule has 0 spiro atoms. The summed E-state index contributed by atoms with van der Waals surface area (Å²) in [5.74, 6) is 0.0532. The van der Waals surface area contributed by atoms with E-state index < -0.39 is 6.10 Å². The van der Waals surface area contributed by atoms with Crippen molar-refractivity contribution in [1.29, 1.82) is 0 Å². The lowest BCUT2D eigenvalue weighted by molar-refractivity contribution is -0.120. The van der Waals surface area contributed by atoms with Crippen LogP contribution < -0.4 is 5.32 Å². The van der Waals surface area contributed by atoms with Crippen LogP contribution in [0.2, 0.25) is 0 Å². The molecule has 5 heteroatoms. The van der Waals surface area contributed by atoms with Crippen molar-refractivity contribution in [2.45, 2.75) is 91.2 Å². The Morgan fingerprint density at radius 2 is 1.93 bits per heavy atom. The molecule has 27 heavy (non-hydrogen) atoms. The Morgan fingerprint density at radius 1 is 1.26 bits per heavy atom. The zero-order valence-corrected chi connectivity index (χ0v) is 17.2. The van der Waals surface area contributed by atoms with Crippen LogP contribution in [0.15, 0.2) is 0 Å². The summed E-state index contributed by atoms with van der Waals surface area (Å²) in [5.41, 5.74) is 3.92. The van der Waals surface area contributed by atoms with Crippen LogP contribution in [0.1, 0.15) is 92.6 Å². The van der Waals surface area contributed by atoms with Crippen molar-refractivity contribution in [2.24, 2.45) is 5.41 Å². The minimum absolute atomic E-state index is 0.0346. The number of rotatable bonds is 5. The molecule has 2 N–H and O–H groups in total. The van der Waals surface area contributed by atoms with Gasteiger partial charge in [-0.2, -0.15) is 0 Å². The van der Waals surface area contributed by atoms with E-state index in [0.717, 1.165) is 41.8 Å². The molecule has 2 aliphatic rings. The summed E-state index contributed by atoms with van der Waals surface area (Å²) in [4.78, 5) is 25.5. The van der Waals surface area contributed by atoms with Crippen molar-refractivity contribution in [1.82, 2.24) is 9.88 Å². The monoisotopic (exact) mass is 374 g/mol. The highest BCUT2D eigenvalue weighted by atomic mass is 16.3. The number of nitrogens with zero attached hydrogens (tertiary/aromatic N) is 1. The molecule has 5 nitrogen and oxygen atoms in total. The molecule has 0 unspecified atom stereocenters. The Morgan fingerprint density at radius 3 is 2.56 bits per heavy atom. The van der Waals surface area contributed by atoms with Gasteiger partial charge < -0.3 is 15.0 Å². The molecule has 0 bridgehead atoms. The first-order chi connectivity index (χ1) is 12.7. The standard InChI is InChI=1S/C22H34N2O3/c1-14(25)13-23-20(27)10-17-15(2)24(16-8-6-5-7-9-16)18-11-22(3,4)12-19(26)21(17)18/h14,16,25H,5-13H2,1-4H3,(H,23,27)/t14-/m0/s1. The smallest absolute Gasteiger partial charge is 0.224 e. The van der Waals surface area contributed by atoms with Gasteiger partial charge in [0.1, 0.15) is 0 Å². The fourth-order valence-electron chi connectivity index (χ4n) is 4.90. The Bertz CT molecular complexity index is 724. The van der Waals surface area contributed by atoms with Crippen LogP contribution in [-0.4, -0.2) is 34.0 Å². The highest BCUT2D eigenvalue weighted by Gasteiger charge is 2.38. The molecule has 2 aliphatic carbocycles. The lowest BCUT2D eigenvalue weighted by atomic mass is 9.75. The van der Waals surface area contributed by atoms with Crippen molar-refractivity contribution in [2.75, 3.05) is 6.54 Å². The number of ketones is 1. The van der Waals surface area contributed by atoms with Gasteiger partial charge in [-0.05, 0) is 44.1 Å². The van der Waals surface area contributed by atoms with Crippen LogP contribution in [-0.2, 0) is 17.6 Å². The second-order valence-corrected chi connectivity index (χ2v) is 9.32. The van der Waals surface area contributed by atoms with Crippen LogP contribution in [0.3, 0.4) is 0 Å². The van der Waals surface area contributed by atoms with Gasteiger partial charge in [-0.15, -0.1) is 0 Å². The number of hydrogen-bond acceptors (Lipinski definition) is 3. The van der Waals surface area contributed by atoms with Gasteiger partial charge in [0, 0.05) is 36.0 Å². The molecular weight excluding hydrogens is 340 g/mol. The summed E-state index contributed by atoms with van der Waals surface area (Å²) in [6.07, 6.45) is 7.14. The van der Waals surface area contributed by atoms with Crippen molar-refractivity contribution >= 4 is 11.7 Å². The minimum atomic E-state index is -0.571. The highest BCUT2D eigenvalue weighted by Crippen LogP contribution is 2.42. The minimum Gasteiger partial charge on any atom is -0.392 e. The van der Waals surface area contributed by atoms with Gasteiger partial charge in [0.25, 0.3) is 0 Å². The number of carbonyl (C=O) groups excluding carboxylic acids is 2. The number of fused-ring (bicyclic) bond motifs is 1. The molecule has 0 radical (unpaired) electrons. The molecule has 1 fully saturated rings. The van der Waals surface area contributed by atoms with Gasteiger partial charge >= 0.3 is 0 Å². The summed E-state index contributed by atoms with van der Waals surface area (Å²) in [5, 5.41) is 12.2. The Kier molecular flexibility index (Phi) is 5.80. The first-order valence-electron chi connectivity index (χ1n) is 10.4. The fraction of sp³-hybridized carbons (Fsp3) is 0.727. The molecular formula is C22H34N2O3. The van der Waals surface area contributed by atoms with E-state index in [0.29, 0.717) is 12.5 Å². The topological polar surface area (TPSA) is 71.3 Å². The molecule has 1 saturated carbocycles. The van der Waals surface area contributed by atoms with Crippen molar-refractivity contribution in [3.8, 4) is 0 Å². The fourth-order valence-corrected chi connectivity index (χ4v) is 4.90. The predicted octanol–water partition coefficient (Wildman–Crippen LogP) is 3.50. The summed E-state index contributed by atoms with van der Waals surface area (Å²) in [6, 6.07) is 0.448. The predicted molar refractivity (Wildman–Crippen MR) is 106 cm³/mol. The number of aliphatic hydroxyl groups excluding tert-OH is 1. The second kappa shape index (κ2) is 7.78. The Labute approximate surface area is 162 Å². The summed E-state index contributed by atoms with van der Waals surface area (Å²) < 4.78 is 2.41. The first kappa shape index (κ1) is 20.1. The van der Waals surface area contributed by atoms with E-state index >= 15 is 0 Å². The highest BCUT2D eigenvalue weighted by molar-refractivity contribution is 6.01. The van der Waals surface area contributed by atoms with E-state index in [1.54, 1.807) is 6.92 Å². The van der Waals surface area contributed by atoms with Crippen LogP contribution in [0.25, 0.3) is 0 Å². The van der Waals surface area contributed by atoms with E-state index in [4.69, 9.17) is 0 Å². The van der Waals surface area contributed by atoms with Crippen LogP contribution in [0, 0.1) is 12.3 Å². The van der Waals surface area contributed by atoms with Crippen molar-refractivity contribution in [3.05, 3.63) is 22.5 Å². The molecule has 1 heterocycles. The molecule has 1 atom stereocenters. The Balaban J connectivity index is 1.99. The zero-order valence-electron chi connectivity index (χ0n) is 17.2. The maximum atomic E-state index is 13.0. The van der Waals surface area contributed by atoms with Gasteiger partial charge in [-0.1, -0.05) is 33.1 Å². The average Bonchev–Trinajstić information content (AvgIpc) is 2.84. The third-order valence-corrected chi connectivity index (χ3v) is 6.12. The Hall–Kier alpha value is -1.62. The quantitative estimate of drug-likeness (QED) is 0.829. The molecule has 1 aromatic rings. The van der Waals surface area contributed by atoms with E-state index in [9.17, 15) is 14.7 Å². The number of Topliss-reactive ketones (excluding diaryl/α,β-unsaturated/α-hetero) is 1. The summed E-state index contributed by atoms with van der Waals surface area (Å²) in [6.45, 7) is 8.29. The normalized spacial score (nSPS) is 21.0. The number of carbonyl (C=O) groups is 2. The van der Waals surface area contributed by atoms with Gasteiger partial charge in [-0.25, -0.2) is 0 Å². The van der Waals surface area contributed by atoms with E-state index in [1.165, 1.54) is 19.3 Å². The van der Waals surface area contributed by atoms with Crippen molar-refractivity contribution in [3.63, 3.8) is 0 Å². The third kappa shape index (κ3) is 4.29. The van der Waals surface area contributed by atoms with Gasteiger partial charge in [0.2, 0.25) is 5.91 Å². The van der Waals surface area contributed by atoms with E-state index in [2.05, 4.69) is 30.7 Å². The summed E-state index contributed by atoms with van der Waals surface area (Å²) >= 11 is 0. The molecule has 0 aromatic carbocycles. The molecule has 0 aliphatic heterocycles. The SMILES string of the molecule is Cc1c(CC(=O)NC[C@H](C)O)c2c(n1C1CCCCC1)CC(C)(C)CC2=O. The molecule has 0 saturated heterocycles. The van der Waals surface area contributed by atoms with Crippen molar-refractivity contribution < 1.29 is 14.7 Å². The number of aliphatic hydroxyl groups is 1. The van der Waals surface area contributed by atoms with Gasteiger partial charge in [0.15, 0.2) is 5.78 Å². The molecule has 150 valence electrons. The maximum absolute atomic E-state index is 13.0. The lowest BCUT2D eigenvalue weighted by Gasteiger charge is -2.33. The number of aromatic nitrogens is 1. The maximum Gasteiger partial charge on any atom is 0.224 e. The summed E-state index contributed by atoms with van der Waals surface area (Å²) in [7, 11) is 0. The third-order valence-electron chi connectivity index (χ3n) is 6.12. The zero-order chi connectivity index (χ0) is 19.8. The number of amides is 1. The van der Waals surface area contributed by atoms with E-state index in [-0.39, 0.29) is 30.1 Å². The van der Waals surface area contributed by atoms with Crippen LogP contribution in [0.4, 0.5) is 0 Å². The number of hydrogen-bond donors (Lipinski definition) is 2. The second-order valence-electron chi connectivity index (χ2n) is 9.32. The largest absolute Gasteiger partial charge is 0.392 e. The van der Waals surface area contributed by atoms with Gasteiger partial charge in [0.05, 0.1) is 12.5 Å². The first-order valence-corrected chi connectivity index (χ1v) is 10.4. The van der Waals surface area contributed by atoms with Crippen LogP contribution in [0.5, 0.6) is 0 Å². The molecule has 1 aromatic heterocycles.